The minimum atomic E-state index is -0.336. The van der Waals surface area contributed by atoms with Crippen LogP contribution in [0.2, 0.25) is 0 Å². The van der Waals surface area contributed by atoms with E-state index in [1.807, 2.05) is 12.1 Å². The van der Waals surface area contributed by atoms with Gasteiger partial charge >= 0.3 is 0 Å². The van der Waals surface area contributed by atoms with Gasteiger partial charge < -0.3 is 19.1 Å². The first kappa shape index (κ1) is 21.1. The lowest BCUT2D eigenvalue weighted by atomic mass is 10.1. The average molecular weight is 376 g/mol. The molecule has 0 radical (unpaired) electrons. The molecule has 0 fully saturated rings. The van der Waals surface area contributed by atoms with Crippen molar-refractivity contribution in [2.75, 3.05) is 13.2 Å². The topological polar surface area (TPSA) is 60.7 Å². The molecule has 0 saturated carbocycles. The van der Waals surface area contributed by atoms with Gasteiger partial charge in [0.1, 0.15) is 5.75 Å². The molecule has 5 nitrogen and oxygen atoms in total. The lowest BCUT2D eigenvalue weighted by molar-refractivity contribution is 0.284. The Morgan fingerprint density at radius 2 is 1.56 bits per heavy atom. The molecular formula is C22H33NO4. The number of nitrogens with zero attached hydrogens (tertiary/aromatic N) is 1. The Labute approximate surface area is 161 Å². The second kappa shape index (κ2) is 10.9. The van der Waals surface area contributed by atoms with E-state index in [2.05, 4.69) is 13.8 Å². The summed E-state index contributed by atoms with van der Waals surface area (Å²) in [5.41, 5.74) is 0.270. The van der Waals surface area contributed by atoms with Crippen LogP contribution in [0.4, 0.5) is 0 Å². The van der Waals surface area contributed by atoms with Crippen molar-refractivity contribution in [1.29, 1.82) is 0 Å². The van der Waals surface area contributed by atoms with E-state index < -0.39 is 0 Å². The molecule has 0 aliphatic heterocycles. The number of pyridine rings is 1. The quantitative estimate of drug-likeness (QED) is 0.520. The van der Waals surface area contributed by atoms with Crippen LogP contribution in [0.3, 0.4) is 0 Å². The van der Waals surface area contributed by atoms with E-state index in [4.69, 9.17) is 9.47 Å². The molecule has 0 atom stereocenters. The zero-order valence-electron chi connectivity index (χ0n) is 16.9. The van der Waals surface area contributed by atoms with Crippen molar-refractivity contribution in [3.8, 4) is 17.2 Å². The van der Waals surface area contributed by atoms with Crippen LogP contribution in [0.25, 0.3) is 10.9 Å². The highest BCUT2D eigenvalue weighted by molar-refractivity contribution is 5.91. The van der Waals surface area contributed by atoms with Crippen molar-refractivity contribution in [1.82, 2.24) is 4.57 Å². The second-order valence-corrected chi connectivity index (χ2v) is 7.01. The lowest BCUT2D eigenvalue weighted by Gasteiger charge is -2.16. The Morgan fingerprint density at radius 3 is 2.19 bits per heavy atom. The first-order chi connectivity index (χ1) is 13.1. The Hall–Kier alpha value is -2.17. The molecule has 2 aromatic rings. The molecule has 1 aromatic carbocycles. The summed E-state index contributed by atoms with van der Waals surface area (Å²) in [7, 11) is 1.69. The van der Waals surface area contributed by atoms with Crippen LogP contribution in [0.15, 0.2) is 23.0 Å². The van der Waals surface area contributed by atoms with Crippen LogP contribution in [-0.2, 0) is 7.05 Å². The molecule has 0 unspecified atom stereocenters. The Balaban J connectivity index is 2.21. The van der Waals surface area contributed by atoms with Crippen LogP contribution >= 0.6 is 0 Å². The molecule has 1 aromatic heterocycles. The van der Waals surface area contributed by atoms with Crippen LogP contribution in [-0.4, -0.2) is 22.9 Å². The summed E-state index contributed by atoms with van der Waals surface area (Å²) in [6, 6.07) is 5.46. The van der Waals surface area contributed by atoms with Gasteiger partial charge in [0.2, 0.25) is 5.75 Å². The number of hydrogen-bond acceptors (Lipinski definition) is 4. The second-order valence-electron chi connectivity index (χ2n) is 7.01. The minimum Gasteiger partial charge on any atom is -0.504 e. The predicted molar refractivity (Wildman–Crippen MR) is 110 cm³/mol. The molecular weight excluding hydrogens is 342 g/mol. The van der Waals surface area contributed by atoms with Crippen molar-refractivity contribution in [2.24, 2.45) is 7.05 Å². The van der Waals surface area contributed by atoms with Crippen LogP contribution in [0, 0.1) is 0 Å². The van der Waals surface area contributed by atoms with Gasteiger partial charge in [-0.1, -0.05) is 58.4 Å². The van der Waals surface area contributed by atoms with Crippen molar-refractivity contribution in [2.45, 2.75) is 65.2 Å². The number of aryl methyl sites for hydroxylation is 1. The van der Waals surface area contributed by atoms with Crippen LogP contribution in [0.1, 0.15) is 65.2 Å². The fourth-order valence-electron chi connectivity index (χ4n) is 3.20. The fraction of sp³-hybridized carbons (Fsp3) is 0.591. The molecule has 1 N–H and O–H groups in total. The summed E-state index contributed by atoms with van der Waals surface area (Å²) < 4.78 is 13.1. The predicted octanol–water partition coefficient (Wildman–Crippen LogP) is 5.16. The van der Waals surface area contributed by atoms with E-state index in [0.717, 1.165) is 38.5 Å². The maximum absolute atomic E-state index is 12.7. The van der Waals surface area contributed by atoms with Crippen LogP contribution in [0.5, 0.6) is 17.2 Å². The molecule has 0 spiro atoms. The molecule has 27 heavy (non-hydrogen) atoms. The zero-order chi connectivity index (χ0) is 19.6. The summed E-state index contributed by atoms with van der Waals surface area (Å²) in [6.07, 6.45) is 8.68. The summed E-state index contributed by atoms with van der Waals surface area (Å²) in [5, 5.41) is 11.2. The highest BCUT2D eigenvalue weighted by Crippen LogP contribution is 2.35. The monoisotopic (exact) mass is 375 g/mol. The summed E-state index contributed by atoms with van der Waals surface area (Å²) in [6.45, 7) is 5.36. The number of hydrogen-bond donors (Lipinski definition) is 1. The standard InChI is InChI=1S/C22H33NO4/c1-4-6-8-10-15-26-18-14-12-13-17-19(18)23(3)22(25)21(20(17)24)27-16-11-9-7-5-2/h12-14,24H,4-11,15-16H2,1-3H3. The summed E-state index contributed by atoms with van der Waals surface area (Å²) in [4.78, 5) is 12.7. The van der Waals surface area contributed by atoms with Gasteiger partial charge in [0.05, 0.1) is 18.7 Å². The van der Waals surface area contributed by atoms with Gasteiger partial charge in [-0.15, -0.1) is 0 Å². The number of unbranched alkanes of at least 4 members (excludes halogenated alkanes) is 6. The zero-order valence-corrected chi connectivity index (χ0v) is 16.9. The molecule has 1 heterocycles. The van der Waals surface area contributed by atoms with Crippen molar-refractivity contribution < 1.29 is 14.6 Å². The SMILES string of the molecule is CCCCCCOc1c(O)c2cccc(OCCCCCC)c2n(C)c1=O. The van der Waals surface area contributed by atoms with E-state index in [1.54, 1.807) is 13.1 Å². The molecule has 2 rings (SSSR count). The molecule has 0 amide bonds. The summed E-state index contributed by atoms with van der Waals surface area (Å²) >= 11 is 0. The number of ether oxygens (including phenoxy) is 2. The smallest absolute Gasteiger partial charge is 0.297 e. The van der Waals surface area contributed by atoms with Gasteiger partial charge in [0, 0.05) is 12.4 Å². The number of aromatic nitrogens is 1. The van der Waals surface area contributed by atoms with Crippen LogP contribution < -0.4 is 15.0 Å². The highest BCUT2D eigenvalue weighted by Gasteiger charge is 2.18. The van der Waals surface area contributed by atoms with Gasteiger partial charge in [-0.2, -0.15) is 0 Å². The first-order valence-corrected chi connectivity index (χ1v) is 10.2. The number of aromatic hydroxyl groups is 1. The van der Waals surface area contributed by atoms with E-state index >= 15 is 0 Å². The third-order valence-corrected chi connectivity index (χ3v) is 4.80. The number of rotatable bonds is 12. The fourth-order valence-corrected chi connectivity index (χ4v) is 3.20. The third-order valence-electron chi connectivity index (χ3n) is 4.80. The highest BCUT2D eigenvalue weighted by atomic mass is 16.5. The minimum absolute atomic E-state index is 0.0293. The number of fused-ring (bicyclic) bond motifs is 1. The van der Waals surface area contributed by atoms with Crippen molar-refractivity contribution in [3.63, 3.8) is 0 Å². The molecule has 0 saturated heterocycles. The van der Waals surface area contributed by atoms with Gasteiger partial charge in [-0.25, -0.2) is 0 Å². The normalized spacial score (nSPS) is 11.1. The molecule has 0 aliphatic rings. The van der Waals surface area contributed by atoms with Crippen molar-refractivity contribution >= 4 is 10.9 Å². The summed E-state index contributed by atoms with van der Waals surface area (Å²) in [5.74, 6) is 0.551. The van der Waals surface area contributed by atoms with Gasteiger partial charge in [0.25, 0.3) is 5.56 Å². The van der Waals surface area contributed by atoms with Crippen molar-refractivity contribution in [3.05, 3.63) is 28.6 Å². The van der Waals surface area contributed by atoms with Gasteiger partial charge in [-0.05, 0) is 25.0 Å². The maximum Gasteiger partial charge on any atom is 0.297 e. The lowest BCUT2D eigenvalue weighted by Crippen LogP contribution is -2.21. The first-order valence-electron chi connectivity index (χ1n) is 10.2. The third kappa shape index (κ3) is 5.41. The maximum atomic E-state index is 12.7. The van der Waals surface area contributed by atoms with E-state index in [-0.39, 0.29) is 17.1 Å². The molecule has 150 valence electrons. The van der Waals surface area contributed by atoms with E-state index in [1.165, 1.54) is 17.4 Å². The average Bonchev–Trinajstić information content (AvgIpc) is 2.68. The molecule has 0 bridgehead atoms. The largest absolute Gasteiger partial charge is 0.504 e. The molecule has 0 aliphatic carbocycles. The molecule has 5 heteroatoms. The van der Waals surface area contributed by atoms with E-state index in [0.29, 0.717) is 29.9 Å². The van der Waals surface area contributed by atoms with E-state index in [9.17, 15) is 9.90 Å². The number of para-hydroxylation sites is 1. The van der Waals surface area contributed by atoms with Gasteiger partial charge in [0.15, 0.2) is 5.75 Å². The number of benzene rings is 1. The van der Waals surface area contributed by atoms with Gasteiger partial charge in [-0.3, -0.25) is 4.79 Å². The Kier molecular flexibility index (Phi) is 8.49. The Bertz CT molecular complexity index is 782. The Morgan fingerprint density at radius 1 is 0.926 bits per heavy atom.